The monoisotopic (exact) mass is 155 g/mol. The van der Waals surface area contributed by atoms with Crippen molar-refractivity contribution in [2.75, 3.05) is 6.54 Å². The Kier molecular flexibility index (Phi) is 11.6. The molecule has 3 N–H and O–H groups in total. The molecule has 0 heterocycles. The van der Waals surface area contributed by atoms with E-state index >= 15 is 0 Å². The first-order valence-electron chi connectivity index (χ1n) is 2.95. The van der Waals surface area contributed by atoms with Crippen molar-refractivity contribution in [3.63, 3.8) is 0 Å². The van der Waals surface area contributed by atoms with Crippen molar-refractivity contribution < 1.29 is 14.7 Å². The molecule has 0 aromatic heterocycles. The van der Waals surface area contributed by atoms with Crippen LogP contribution in [0.25, 0.3) is 0 Å². The number of carbonyl (C=O) groups is 2. The summed E-state index contributed by atoms with van der Waals surface area (Å²) in [6, 6.07) is 0. The van der Waals surface area contributed by atoms with E-state index in [9.17, 15) is 9.59 Å². The summed E-state index contributed by atoms with van der Waals surface area (Å²) < 4.78 is 0.171. The summed E-state index contributed by atoms with van der Waals surface area (Å²) in [5.41, 5.74) is 4.86. The Morgan fingerprint density at radius 1 is 1.60 bits per heavy atom. The zero-order chi connectivity index (χ0) is 8.57. The molecule has 0 rings (SSSR count). The van der Waals surface area contributed by atoms with Crippen LogP contribution in [-0.4, -0.2) is 48.6 Å². The van der Waals surface area contributed by atoms with Crippen molar-refractivity contribution in [2.24, 2.45) is 5.73 Å². The van der Waals surface area contributed by atoms with Crippen LogP contribution in [0.4, 0.5) is 0 Å². The van der Waals surface area contributed by atoms with Gasteiger partial charge in [-0.05, 0) is 0 Å². The molecule has 0 atom stereocenters. The van der Waals surface area contributed by atoms with E-state index in [1.54, 1.807) is 6.92 Å². The first kappa shape index (κ1) is 12.7. The predicted molar refractivity (Wildman–Crippen MR) is 37.7 cm³/mol. The van der Waals surface area contributed by atoms with Gasteiger partial charge in [-0.3, -0.25) is 4.79 Å². The van der Waals surface area contributed by atoms with Gasteiger partial charge in [0.15, 0.2) is 0 Å². The summed E-state index contributed by atoms with van der Waals surface area (Å²) in [4.78, 5) is 19.1. The number of carboxylic acids is 1. The minimum atomic E-state index is -0.745. The number of rotatable bonds is 2. The molecule has 54 valence electrons. The molecule has 0 saturated carbocycles. The van der Waals surface area contributed by atoms with E-state index < -0.39 is 5.97 Å². The van der Waals surface area contributed by atoms with Crippen LogP contribution in [0.1, 0.15) is 13.3 Å². The SMILES string of the molecule is CCC(=O)O.NC[C](=O)[Na]. The molecule has 0 saturated heterocycles. The fourth-order valence-electron chi connectivity index (χ4n) is 0. The third-order valence-corrected chi connectivity index (χ3v) is 0.998. The Balaban J connectivity index is 0. The first-order chi connectivity index (χ1) is 4.54. The topological polar surface area (TPSA) is 80.4 Å². The zero-order valence-corrected chi connectivity index (χ0v) is 8.26. The second kappa shape index (κ2) is 9.10. The Hall–Kier alpha value is 0.1000. The average Bonchev–Trinajstić information content (AvgIpc) is 1.89. The summed E-state index contributed by atoms with van der Waals surface area (Å²) in [5, 5.41) is 7.72. The second-order valence-corrected chi connectivity index (χ2v) is 2.77. The number of nitrogens with two attached hydrogens (primary N) is 1. The summed E-state index contributed by atoms with van der Waals surface area (Å²) in [7, 11) is 0. The zero-order valence-electron chi connectivity index (χ0n) is 6.26. The molecule has 5 heteroatoms. The van der Waals surface area contributed by atoms with Gasteiger partial charge in [0, 0.05) is 6.42 Å². The molecule has 0 aliphatic carbocycles. The third-order valence-electron chi connectivity index (χ3n) is 0.590. The number of carbonyl (C=O) groups excluding carboxylic acids is 1. The van der Waals surface area contributed by atoms with Crippen LogP contribution < -0.4 is 5.73 Å². The van der Waals surface area contributed by atoms with Crippen LogP contribution in [0.2, 0.25) is 0 Å². The van der Waals surface area contributed by atoms with E-state index in [0.29, 0.717) is 27.9 Å². The Labute approximate surface area is 77.2 Å². The maximum atomic E-state index is 9.75. The van der Waals surface area contributed by atoms with Gasteiger partial charge in [0.25, 0.3) is 0 Å². The van der Waals surface area contributed by atoms with Gasteiger partial charge in [0.2, 0.25) is 0 Å². The third kappa shape index (κ3) is 24.3. The molecule has 10 heavy (non-hydrogen) atoms. The molecule has 0 aliphatic rings. The van der Waals surface area contributed by atoms with Gasteiger partial charge in [0.05, 0.1) is 0 Å². The molecule has 0 fully saturated rings. The Morgan fingerprint density at radius 2 is 1.80 bits per heavy atom. The second-order valence-electron chi connectivity index (χ2n) is 1.65. The quantitative estimate of drug-likeness (QED) is 0.507. The predicted octanol–water partition coefficient (Wildman–Crippen LogP) is -0.879. The van der Waals surface area contributed by atoms with E-state index in [0.717, 1.165) is 0 Å². The summed E-state index contributed by atoms with van der Waals surface area (Å²) in [5.74, 6) is -0.745. The van der Waals surface area contributed by atoms with Crippen LogP contribution in [-0.2, 0) is 9.59 Å². The number of hydrogen-bond acceptors (Lipinski definition) is 3. The normalized spacial score (nSPS) is 7.60. The van der Waals surface area contributed by atoms with E-state index in [1.807, 2.05) is 0 Å². The van der Waals surface area contributed by atoms with E-state index in [4.69, 9.17) is 10.8 Å². The van der Waals surface area contributed by atoms with Crippen LogP contribution in [0.3, 0.4) is 0 Å². The molecule has 0 bridgehead atoms. The van der Waals surface area contributed by atoms with Gasteiger partial charge in [-0.15, -0.1) is 0 Å². The van der Waals surface area contributed by atoms with Gasteiger partial charge in [0.1, 0.15) is 0 Å². The van der Waals surface area contributed by atoms with Gasteiger partial charge in [-0.25, -0.2) is 0 Å². The molecule has 4 nitrogen and oxygen atoms in total. The Bertz CT molecular complexity index is 101. The van der Waals surface area contributed by atoms with Crippen LogP contribution in [0, 0.1) is 0 Å². The minimum absolute atomic E-state index is 0.171. The van der Waals surface area contributed by atoms with Gasteiger partial charge in [-0.2, -0.15) is 0 Å². The summed E-state index contributed by atoms with van der Waals surface area (Å²) in [6.07, 6.45) is 0.222. The molecular weight excluding hydrogens is 145 g/mol. The van der Waals surface area contributed by atoms with Crippen molar-refractivity contribution in [2.45, 2.75) is 13.3 Å². The molecule has 0 amide bonds. The Morgan fingerprint density at radius 3 is 1.80 bits per heavy atom. The molecular formula is C5H10NNaO3. The van der Waals surface area contributed by atoms with Crippen molar-refractivity contribution in [1.29, 1.82) is 0 Å². The molecule has 0 aromatic rings. The summed E-state index contributed by atoms with van der Waals surface area (Å²) >= 11 is 0.606. The molecule has 0 radical (unpaired) electrons. The molecule has 0 spiro atoms. The number of hydrogen-bond donors (Lipinski definition) is 2. The van der Waals surface area contributed by atoms with Crippen molar-refractivity contribution in [1.82, 2.24) is 0 Å². The van der Waals surface area contributed by atoms with E-state index in [-0.39, 0.29) is 16.0 Å². The molecule has 0 aromatic carbocycles. The van der Waals surface area contributed by atoms with E-state index in [1.165, 1.54) is 0 Å². The van der Waals surface area contributed by atoms with Crippen molar-refractivity contribution in [3.8, 4) is 0 Å². The maximum absolute atomic E-state index is 9.75. The first-order valence-corrected chi connectivity index (χ1v) is 3.95. The number of carboxylic acid groups (broad SMARTS) is 1. The standard InChI is InChI=1S/C3H6O2.C2H4NO.Na/c1-2-3(4)5;3-1-2-4;/h2H2,1H3,(H,4,5);1,3H2;. The van der Waals surface area contributed by atoms with Gasteiger partial charge in [-0.1, -0.05) is 6.92 Å². The van der Waals surface area contributed by atoms with Gasteiger partial charge >= 0.3 is 54.0 Å². The van der Waals surface area contributed by atoms with Crippen molar-refractivity contribution >= 4 is 36.9 Å². The molecule has 0 aliphatic heterocycles. The fraction of sp³-hybridized carbons (Fsp3) is 0.600. The van der Waals surface area contributed by atoms with Crippen LogP contribution in [0.5, 0.6) is 0 Å². The van der Waals surface area contributed by atoms with E-state index in [2.05, 4.69) is 0 Å². The van der Waals surface area contributed by atoms with Crippen LogP contribution in [0.15, 0.2) is 0 Å². The fourth-order valence-corrected chi connectivity index (χ4v) is 0. The van der Waals surface area contributed by atoms with Crippen LogP contribution >= 0.6 is 0 Å². The molecule has 0 unspecified atom stereocenters. The van der Waals surface area contributed by atoms with Crippen molar-refractivity contribution in [3.05, 3.63) is 0 Å². The number of aliphatic carboxylic acids is 1. The summed E-state index contributed by atoms with van der Waals surface area (Å²) in [6.45, 7) is 1.83. The van der Waals surface area contributed by atoms with Gasteiger partial charge < -0.3 is 5.11 Å². The average molecular weight is 155 g/mol.